The number of hydrogen-bond acceptors (Lipinski definition) is 7. The molecule has 3 aromatic rings. The molecule has 1 aliphatic rings. The molecule has 2 aromatic carbocycles. The predicted octanol–water partition coefficient (Wildman–Crippen LogP) is 2.59. The molecule has 0 atom stereocenters. The van der Waals surface area contributed by atoms with Crippen LogP contribution < -0.4 is 0 Å². The maximum Gasteiger partial charge on any atom is 0.269 e. The molecule has 0 bridgehead atoms. The number of aromatic nitrogens is 1. The first-order valence-electron chi connectivity index (χ1n) is 7.74. The van der Waals surface area contributed by atoms with Gasteiger partial charge in [0.2, 0.25) is 0 Å². The zero-order valence-electron chi connectivity index (χ0n) is 13.6. The van der Waals surface area contributed by atoms with Crippen molar-refractivity contribution in [3.05, 3.63) is 76.0 Å². The number of benzene rings is 2. The highest BCUT2D eigenvalue weighted by Gasteiger charge is 2.41. The average molecular weight is 385 g/mol. The van der Waals surface area contributed by atoms with Crippen LogP contribution in [0, 0.1) is 10.1 Å². The van der Waals surface area contributed by atoms with Crippen molar-refractivity contribution in [2.75, 3.05) is 0 Å². The van der Waals surface area contributed by atoms with E-state index >= 15 is 0 Å². The summed E-state index contributed by atoms with van der Waals surface area (Å²) in [5.74, 6) is -0.452. The van der Waals surface area contributed by atoms with Gasteiger partial charge < -0.3 is 4.52 Å². The van der Waals surface area contributed by atoms with Crippen molar-refractivity contribution in [2.24, 2.45) is 0 Å². The number of amides is 1. The number of fused-ring (bicyclic) bond motifs is 1. The van der Waals surface area contributed by atoms with Crippen LogP contribution in [0.4, 0.5) is 5.69 Å². The molecule has 1 amide bonds. The molecule has 27 heavy (non-hydrogen) atoms. The summed E-state index contributed by atoms with van der Waals surface area (Å²) in [5, 5.41) is 14.6. The second kappa shape index (κ2) is 6.02. The summed E-state index contributed by atoms with van der Waals surface area (Å²) in [4.78, 5) is 22.6. The fourth-order valence-electron chi connectivity index (χ4n) is 2.81. The van der Waals surface area contributed by atoms with Crippen LogP contribution in [0.15, 0.2) is 64.0 Å². The maximum atomic E-state index is 12.6. The van der Waals surface area contributed by atoms with Crippen LogP contribution in [0.2, 0.25) is 0 Å². The molecule has 0 unspecified atom stereocenters. The summed E-state index contributed by atoms with van der Waals surface area (Å²) in [5.41, 5.74) is 0.998. The summed E-state index contributed by atoms with van der Waals surface area (Å²) >= 11 is 0. The summed E-state index contributed by atoms with van der Waals surface area (Å²) < 4.78 is 31.0. The van der Waals surface area contributed by atoms with Crippen LogP contribution in [0.25, 0.3) is 11.3 Å². The van der Waals surface area contributed by atoms with Gasteiger partial charge in [0.1, 0.15) is 10.6 Å². The lowest BCUT2D eigenvalue weighted by atomic mass is 10.1. The van der Waals surface area contributed by atoms with E-state index < -0.39 is 20.9 Å². The van der Waals surface area contributed by atoms with Crippen LogP contribution in [-0.4, -0.2) is 28.7 Å². The van der Waals surface area contributed by atoms with Crippen molar-refractivity contribution in [1.82, 2.24) is 9.46 Å². The van der Waals surface area contributed by atoms with E-state index in [0.29, 0.717) is 11.3 Å². The van der Waals surface area contributed by atoms with E-state index in [1.807, 2.05) is 0 Å². The molecule has 0 radical (unpaired) electrons. The molecule has 9 nitrogen and oxygen atoms in total. The molecule has 10 heteroatoms. The summed E-state index contributed by atoms with van der Waals surface area (Å²) in [6.45, 7) is -0.296. The van der Waals surface area contributed by atoms with E-state index in [0.717, 1.165) is 4.31 Å². The van der Waals surface area contributed by atoms with Gasteiger partial charge in [-0.25, -0.2) is 12.7 Å². The van der Waals surface area contributed by atoms with Crippen LogP contribution in [0.5, 0.6) is 0 Å². The van der Waals surface area contributed by atoms with Gasteiger partial charge in [0, 0.05) is 23.8 Å². The molecule has 0 saturated heterocycles. The number of sulfonamides is 1. The van der Waals surface area contributed by atoms with Crippen LogP contribution in [-0.2, 0) is 16.6 Å². The molecule has 1 aromatic heterocycles. The highest BCUT2D eigenvalue weighted by molar-refractivity contribution is 7.90. The Morgan fingerprint density at radius 3 is 2.48 bits per heavy atom. The van der Waals surface area contributed by atoms with Crippen molar-refractivity contribution in [3.8, 4) is 11.3 Å². The molecule has 1 aliphatic heterocycles. The van der Waals surface area contributed by atoms with E-state index in [-0.39, 0.29) is 28.5 Å². The number of carbonyl (C=O) groups excluding carboxylic acids is 1. The van der Waals surface area contributed by atoms with Gasteiger partial charge in [0.25, 0.3) is 21.6 Å². The van der Waals surface area contributed by atoms with E-state index in [1.165, 1.54) is 42.5 Å². The van der Waals surface area contributed by atoms with Crippen molar-refractivity contribution >= 4 is 21.6 Å². The number of rotatable bonds is 4. The average Bonchev–Trinajstić information content (AvgIpc) is 3.20. The molecule has 136 valence electrons. The van der Waals surface area contributed by atoms with Crippen LogP contribution in [0.1, 0.15) is 16.1 Å². The van der Waals surface area contributed by atoms with E-state index in [1.54, 1.807) is 12.1 Å². The fraction of sp³-hybridized carbons (Fsp3) is 0.0588. The Labute approximate surface area is 153 Å². The number of non-ortho nitro benzene ring substituents is 1. The number of nitro benzene ring substituents is 1. The second-order valence-electron chi connectivity index (χ2n) is 5.80. The number of nitro groups is 1. The third-order valence-corrected chi connectivity index (χ3v) is 5.93. The minimum Gasteiger partial charge on any atom is -0.359 e. The van der Waals surface area contributed by atoms with Gasteiger partial charge in [0.05, 0.1) is 17.0 Å². The predicted molar refractivity (Wildman–Crippen MR) is 92.1 cm³/mol. The van der Waals surface area contributed by atoms with Gasteiger partial charge in [-0.3, -0.25) is 14.9 Å². The highest BCUT2D eigenvalue weighted by atomic mass is 32.2. The third-order valence-electron chi connectivity index (χ3n) is 4.14. The van der Waals surface area contributed by atoms with Gasteiger partial charge in [-0.15, -0.1) is 0 Å². The first-order chi connectivity index (χ1) is 12.9. The zero-order valence-corrected chi connectivity index (χ0v) is 14.4. The molecular weight excluding hydrogens is 374 g/mol. The zero-order chi connectivity index (χ0) is 19.2. The highest BCUT2D eigenvalue weighted by Crippen LogP contribution is 2.32. The third kappa shape index (κ3) is 2.75. The first kappa shape index (κ1) is 16.9. The quantitative estimate of drug-likeness (QED) is 0.499. The summed E-state index contributed by atoms with van der Waals surface area (Å²) in [6, 6.07) is 13.1. The van der Waals surface area contributed by atoms with E-state index in [9.17, 15) is 23.3 Å². The van der Waals surface area contributed by atoms with Crippen molar-refractivity contribution in [2.45, 2.75) is 11.4 Å². The van der Waals surface area contributed by atoms with Crippen LogP contribution in [0.3, 0.4) is 0 Å². The van der Waals surface area contributed by atoms with Gasteiger partial charge in [0.15, 0.2) is 5.76 Å². The van der Waals surface area contributed by atoms with Crippen molar-refractivity contribution < 1.29 is 22.7 Å². The molecular formula is C17H11N3O6S. The molecule has 0 N–H and O–H groups in total. The molecule has 2 heterocycles. The minimum absolute atomic E-state index is 0.0369. The standard InChI is InChI=1S/C17H11N3O6S/c21-17-14-3-1-2-4-16(14)27(24,25)19(17)10-13-9-15(18-26-13)11-5-7-12(8-6-11)20(22)23/h1-9H,10H2. The smallest absolute Gasteiger partial charge is 0.269 e. The van der Waals surface area contributed by atoms with Crippen LogP contribution >= 0.6 is 0 Å². The largest absolute Gasteiger partial charge is 0.359 e. The Morgan fingerprint density at radius 1 is 1.11 bits per heavy atom. The Kier molecular flexibility index (Phi) is 3.77. The van der Waals surface area contributed by atoms with Gasteiger partial charge in [-0.1, -0.05) is 17.3 Å². The first-order valence-corrected chi connectivity index (χ1v) is 9.18. The number of nitrogens with zero attached hydrogens (tertiary/aromatic N) is 3. The minimum atomic E-state index is -3.94. The van der Waals surface area contributed by atoms with Gasteiger partial charge in [-0.05, 0) is 24.3 Å². The maximum absolute atomic E-state index is 12.6. The lowest BCUT2D eigenvalue weighted by Crippen LogP contribution is -2.29. The number of hydrogen-bond donors (Lipinski definition) is 0. The lowest BCUT2D eigenvalue weighted by Gasteiger charge is -2.12. The SMILES string of the molecule is O=C1c2ccccc2S(=O)(=O)N1Cc1cc(-c2ccc([N+](=O)[O-])cc2)no1. The molecule has 0 saturated carbocycles. The molecule has 0 fully saturated rings. The second-order valence-corrected chi connectivity index (χ2v) is 7.63. The van der Waals surface area contributed by atoms with Crippen molar-refractivity contribution in [3.63, 3.8) is 0 Å². The Bertz CT molecular complexity index is 1170. The Balaban J connectivity index is 1.60. The molecule has 0 aliphatic carbocycles. The van der Waals surface area contributed by atoms with Gasteiger partial charge in [-0.2, -0.15) is 0 Å². The fourth-order valence-corrected chi connectivity index (χ4v) is 4.34. The monoisotopic (exact) mass is 385 g/mol. The summed E-state index contributed by atoms with van der Waals surface area (Å²) in [6.07, 6.45) is 0. The Morgan fingerprint density at radius 2 is 1.81 bits per heavy atom. The summed E-state index contributed by atoms with van der Waals surface area (Å²) in [7, 11) is -3.94. The van der Waals surface area contributed by atoms with E-state index in [4.69, 9.17) is 4.52 Å². The Hall–Kier alpha value is -3.53. The van der Waals surface area contributed by atoms with Crippen molar-refractivity contribution in [1.29, 1.82) is 0 Å². The van der Waals surface area contributed by atoms with E-state index in [2.05, 4.69) is 5.16 Å². The van der Waals surface area contributed by atoms with Gasteiger partial charge >= 0.3 is 0 Å². The molecule has 0 spiro atoms. The number of carbonyl (C=O) groups is 1. The molecule has 4 rings (SSSR count). The normalized spacial score (nSPS) is 15.0. The topological polar surface area (TPSA) is 124 Å². The lowest BCUT2D eigenvalue weighted by molar-refractivity contribution is -0.384.